The fourth-order valence-corrected chi connectivity index (χ4v) is 3.90. The minimum atomic E-state index is 0.518. The normalized spacial score (nSPS) is 14.3. The number of aromatic amines is 1. The van der Waals surface area contributed by atoms with Crippen molar-refractivity contribution in [2.45, 2.75) is 6.92 Å². The zero-order valence-electron chi connectivity index (χ0n) is 18.7. The van der Waals surface area contributed by atoms with E-state index in [1.165, 1.54) is 0 Å². The maximum absolute atomic E-state index is 5.95. The lowest BCUT2D eigenvalue weighted by Gasteiger charge is -2.26. The third kappa shape index (κ3) is 5.60. The van der Waals surface area contributed by atoms with Crippen LogP contribution in [0.25, 0.3) is 10.9 Å². The van der Waals surface area contributed by atoms with E-state index in [0.717, 1.165) is 72.4 Å². The van der Waals surface area contributed by atoms with Crippen molar-refractivity contribution in [3.63, 3.8) is 0 Å². The number of benzene rings is 2. The van der Waals surface area contributed by atoms with Crippen molar-refractivity contribution in [3.8, 4) is 5.75 Å². The topological polar surface area (TPSA) is 87.3 Å². The van der Waals surface area contributed by atoms with Gasteiger partial charge in [-0.05, 0) is 49.4 Å². The highest BCUT2D eigenvalue weighted by atomic mass is 16.5. The minimum absolute atomic E-state index is 0.518. The summed E-state index contributed by atoms with van der Waals surface area (Å²) in [5, 5.41) is 7.79. The molecular formula is C25H28N6O2. The number of aromatic nitrogens is 3. The van der Waals surface area contributed by atoms with Gasteiger partial charge in [0.05, 0.1) is 13.2 Å². The van der Waals surface area contributed by atoms with Gasteiger partial charge in [0.15, 0.2) is 0 Å². The third-order valence-electron chi connectivity index (χ3n) is 5.55. The summed E-state index contributed by atoms with van der Waals surface area (Å²) in [5.41, 5.74) is 4.11. The molecule has 2 aromatic heterocycles. The van der Waals surface area contributed by atoms with Crippen LogP contribution in [-0.4, -0.2) is 59.3 Å². The van der Waals surface area contributed by atoms with E-state index >= 15 is 0 Å². The summed E-state index contributed by atoms with van der Waals surface area (Å²) in [6, 6.07) is 18.0. The predicted octanol–water partition coefficient (Wildman–Crippen LogP) is 4.46. The first kappa shape index (κ1) is 21.2. The number of fused-ring (bicyclic) bond motifs is 1. The van der Waals surface area contributed by atoms with Crippen LogP contribution >= 0.6 is 0 Å². The van der Waals surface area contributed by atoms with Gasteiger partial charge in [0.2, 0.25) is 5.95 Å². The molecule has 5 rings (SSSR count). The second kappa shape index (κ2) is 9.89. The number of aryl methyl sites for hydroxylation is 1. The lowest BCUT2D eigenvalue weighted by Crippen LogP contribution is -2.38. The molecule has 0 unspecified atom stereocenters. The average molecular weight is 445 g/mol. The summed E-state index contributed by atoms with van der Waals surface area (Å²) in [7, 11) is 0. The Bertz CT molecular complexity index is 1220. The van der Waals surface area contributed by atoms with Crippen LogP contribution in [0.4, 0.5) is 23.1 Å². The van der Waals surface area contributed by atoms with Crippen LogP contribution in [0, 0.1) is 6.92 Å². The van der Waals surface area contributed by atoms with Crippen LogP contribution in [0.3, 0.4) is 0 Å². The van der Waals surface area contributed by atoms with Crippen molar-refractivity contribution in [3.05, 3.63) is 66.5 Å². The number of hydrogen-bond acceptors (Lipinski definition) is 7. The van der Waals surface area contributed by atoms with E-state index in [1.807, 2.05) is 36.4 Å². The maximum Gasteiger partial charge on any atom is 0.229 e. The molecule has 8 heteroatoms. The van der Waals surface area contributed by atoms with E-state index in [0.29, 0.717) is 12.6 Å². The number of anilines is 4. The van der Waals surface area contributed by atoms with Crippen LogP contribution in [0.5, 0.6) is 5.75 Å². The van der Waals surface area contributed by atoms with E-state index in [2.05, 4.69) is 55.6 Å². The van der Waals surface area contributed by atoms with Crippen molar-refractivity contribution in [1.82, 2.24) is 19.9 Å². The van der Waals surface area contributed by atoms with Crippen LogP contribution in [0.15, 0.2) is 60.8 Å². The lowest BCUT2D eigenvalue weighted by atomic mass is 10.2. The molecule has 0 amide bonds. The van der Waals surface area contributed by atoms with Gasteiger partial charge >= 0.3 is 0 Å². The van der Waals surface area contributed by atoms with Crippen molar-refractivity contribution < 1.29 is 9.47 Å². The fraction of sp³-hybridized carbons (Fsp3) is 0.280. The SMILES string of the molecule is Cc1cc2cc(Nc3ccnc(Nc4cccc(OCCN5CCOCC5)c4)n3)ccc2[nH]1. The molecule has 2 aromatic carbocycles. The van der Waals surface area contributed by atoms with Crippen LogP contribution < -0.4 is 15.4 Å². The Labute approximate surface area is 193 Å². The van der Waals surface area contributed by atoms with Gasteiger partial charge in [-0.15, -0.1) is 0 Å². The molecule has 8 nitrogen and oxygen atoms in total. The Morgan fingerprint density at radius 3 is 2.82 bits per heavy atom. The number of morpholine rings is 1. The van der Waals surface area contributed by atoms with E-state index in [-0.39, 0.29) is 0 Å². The van der Waals surface area contributed by atoms with E-state index < -0.39 is 0 Å². The Hall–Kier alpha value is -3.62. The zero-order chi connectivity index (χ0) is 22.5. The number of H-pyrrole nitrogens is 1. The Kier molecular flexibility index (Phi) is 6.37. The van der Waals surface area contributed by atoms with Crippen LogP contribution in [-0.2, 0) is 4.74 Å². The Morgan fingerprint density at radius 2 is 1.91 bits per heavy atom. The van der Waals surface area contributed by atoms with Crippen molar-refractivity contribution in [2.24, 2.45) is 0 Å². The van der Waals surface area contributed by atoms with Gasteiger partial charge in [0.25, 0.3) is 0 Å². The zero-order valence-corrected chi connectivity index (χ0v) is 18.7. The first-order valence-corrected chi connectivity index (χ1v) is 11.2. The van der Waals surface area contributed by atoms with Gasteiger partial charge in [-0.2, -0.15) is 4.98 Å². The predicted molar refractivity (Wildman–Crippen MR) is 131 cm³/mol. The van der Waals surface area contributed by atoms with E-state index in [1.54, 1.807) is 6.20 Å². The van der Waals surface area contributed by atoms with Gasteiger partial charge in [-0.25, -0.2) is 4.98 Å². The summed E-state index contributed by atoms with van der Waals surface area (Å²) in [6.45, 7) is 7.12. The molecule has 170 valence electrons. The smallest absolute Gasteiger partial charge is 0.229 e. The van der Waals surface area contributed by atoms with Crippen molar-refractivity contribution in [2.75, 3.05) is 50.1 Å². The van der Waals surface area contributed by atoms with Crippen LogP contribution in [0.1, 0.15) is 5.69 Å². The highest BCUT2D eigenvalue weighted by Crippen LogP contribution is 2.24. The quantitative estimate of drug-likeness (QED) is 0.370. The highest BCUT2D eigenvalue weighted by molar-refractivity contribution is 5.84. The number of nitrogens with one attached hydrogen (secondary N) is 3. The molecular weight excluding hydrogens is 416 g/mol. The largest absolute Gasteiger partial charge is 0.492 e. The molecule has 1 fully saturated rings. The van der Waals surface area contributed by atoms with Crippen molar-refractivity contribution in [1.29, 1.82) is 0 Å². The van der Waals surface area contributed by atoms with Crippen molar-refractivity contribution >= 4 is 34.0 Å². The van der Waals surface area contributed by atoms with E-state index in [4.69, 9.17) is 9.47 Å². The summed E-state index contributed by atoms with van der Waals surface area (Å²) < 4.78 is 11.3. The fourth-order valence-electron chi connectivity index (χ4n) is 3.90. The summed E-state index contributed by atoms with van der Waals surface area (Å²) in [5.74, 6) is 2.05. The molecule has 1 aliphatic rings. The van der Waals surface area contributed by atoms with Crippen LogP contribution in [0.2, 0.25) is 0 Å². The molecule has 3 N–H and O–H groups in total. The van der Waals surface area contributed by atoms with E-state index in [9.17, 15) is 0 Å². The summed E-state index contributed by atoms with van der Waals surface area (Å²) in [6.07, 6.45) is 1.74. The van der Waals surface area contributed by atoms with Gasteiger partial charge in [-0.3, -0.25) is 4.90 Å². The molecule has 0 aliphatic carbocycles. The monoisotopic (exact) mass is 444 g/mol. The first-order valence-electron chi connectivity index (χ1n) is 11.2. The molecule has 0 radical (unpaired) electrons. The molecule has 4 aromatic rings. The first-order chi connectivity index (χ1) is 16.2. The van der Waals surface area contributed by atoms with Gasteiger partial charge < -0.3 is 25.1 Å². The molecule has 1 saturated heterocycles. The number of hydrogen-bond donors (Lipinski definition) is 3. The van der Waals surface area contributed by atoms with Gasteiger partial charge in [0, 0.05) is 59.9 Å². The van der Waals surface area contributed by atoms with Gasteiger partial charge in [-0.1, -0.05) is 6.07 Å². The number of ether oxygens (including phenoxy) is 2. The second-order valence-electron chi connectivity index (χ2n) is 8.10. The number of nitrogens with zero attached hydrogens (tertiary/aromatic N) is 3. The average Bonchev–Trinajstić information content (AvgIpc) is 3.20. The molecule has 0 saturated carbocycles. The minimum Gasteiger partial charge on any atom is -0.492 e. The standard InChI is InChI=1S/C25H28N6O2/c1-18-15-19-16-21(5-6-23(19)27-18)28-24-7-8-26-25(30-24)29-20-3-2-4-22(17-20)33-14-11-31-9-12-32-13-10-31/h2-8,15-17,27H,9-14H2,1H3,(H2,26,28,29,30). The lowest BCUT2D eigenvalue weighted by molar-refractivity contribution is 0.0322. The summed E-state index contributed by atoms with van der Waals surface area (Å²) in [4.78, 5) is 14.6. The molecule has 0 bridgehead atoms. The molecule has 3 heterocycles. The number of rotatable bonds is 8. The third-order valence-corrected chi connectivity index (χ3v) is 5.55. The van der Waals surface area contributed by atoms with Gasteiger partial charge in [0.1, 0.15) is 18.2 Å². The molecule has 1 aliphatic heterocycles. The molecule has 0 atom stereocenters. The molecule has 0 spiro atoms. The molecule has 33 heavy (non-hydrogen) atoms. The maximum atomic E-state index is 5.95. The summed E-state index contributed by atoms with van der Waals surface area (Å²) >= 11 is 0. The Morgan fingerprint density at radius 1 is 1.03 bits per heavy atom. The Balaban J connectivity index is 1.20. The second-order valence-corrected chi connectivity index (χ2v) is 8.10. The highest BCUT2D eigenvalue weighted by Gasteiger charge is 2.10.